The second kappa shape index (κ2) is 52.2. The van der Waals surface area contributed by atoms with E-state index < -0.39 is 0 Å². The topological polar surface area (TPSA) is 131 Å². The predicted octanol–water partition coefficient (Wildman–Crippen LogP) is 36.0. The van der Waals surface area contributed by atoms with E-state index in [0.29, 0.717) is 43.3 Å². The Balaban J connectivity index is 0.000000720. The molecule has 1 N–H and O–H groups in total. The van der Waals surface area contributed by atoms with Crippen molar-refractivity contribution in [3.8, 4) is 0 Å². The van der Waals surface area contributed by atoms with Crippen molar-refractivity contribution in [3.63, 3.8) is 0 Å². The van der Waals surface area contributed by atoms with E-state index in [-0.39, 0.29) is 43.3 Å². The van der Waals surface area contributed by atoms with E-state index in [1.165, 1.54) is 103 Å². The first kappa shape index (κ1) is 123. The number of aromatic amines is 1. The van der Waals surface area contributed by atoms with Gasteiger partial charge in [0.2, 0.25) is 0 Å². The number of hydrogen-bond acceptors (Lipinski definition) is 21. The zero-order valence-corrected chi connectivity index (χ0v) is 99.1. The molecule has 724 valence electrons. The summed E-state index contributed by atoms with van der Waals surface area (Å²) in [5.41, 5.74) is 15.1. The maximum absolute atomic E-state index is 5.32. The number of aliphatic imine (C=N–C) groups is 2. The summed E-state index contributed by atoms with van der Waals surface area (Å²) in [5.74, 6) is 13.8. The highest BCUT2D eigenvalue weighted by Gasteiger charge is 2.29. The molecule has 0 unspecified atom stereocenters. The highest BCUT2D eigenvalue weighted by Crippen LogP contribution is 2.41. The van der Waals surface area contributed by atoms with Crippen molar-refractivity contribution in [2.75, 3.05) is 69.8 Å². The van der Waals surface area contributed by atoms with E-state index in [2.05, 4.69) is 436 Å². The fourth-order valence-corrected chi connectivity index (χ4v) is 22.6. The number of H-pyrrole nitrogens is 1. The summed E-state index contributed by atoms with van der Waals surface area (Å²) in [6.07, 6.45) is 11.1. The number of allylic oxidation sites excluding steroid dienone is 3. The van der Waals surface area contributed by atoms with E-state index in [9.17, 15) is 0 Å². The van der Waals surface area contributed by atoms with Crippen LogP contribution in [0, 0.1) is 54.1 Å². The third-order valence-corrected chi connectivity index (χ3v) is 34.5. The number of aromatic nitrogens is 7. The lowest BCUT2D eigenvalue weighted by molar-refractivity contribution is 0.321. The molecule has 126 heavy (non-hydrogen) atoms. The van der Waals surface area contributed by atoms with Gasteiger partial charge in [0, 0.05) is 118 Å². The molecule has 2 aliphatic rings. The lowest BCUT2D eigenvalue weighted by Gasteiger charge is -2.22. The molecule has 0 bridgehead atoms. The Labute approximate surface area is 827 Å². The lowest BCUT2D eigenvalue weighted by Crippen LogP contribution is -2.17. The second-order valence-electron chi connectivity index (χ2n) is 51.6. The van der Waals surface area contributed by atoms with Crippen molar-refractivity contribution < 1.29 is 4.52 Å². The Kier molecular flexibility index (Phi) is 50.8. The van der Waals surface area contributed by atoms with Crippen molar-refractivity contribution in [3.05, 3.63) is 96.7 Å². The van der Waals surface area contributed by atoms with Gasteiger partial charge in [0.15, 0.2) is 0 Å². The largest absolute Gasteiger partial charge is 0.360 e. The molecule has 6 aromatic rings. The Bertz CT molecular complexity index is 3890. The zero-order chi connectivity index (χ0) is 97.8. The highest BCUT2D eigenvalue weighted by molar-refractivity contribution is 8.01. The van der Waals surface area contributed by atoms with E-state index in [0.717, 1.165) is 77.5 Å². The minimum atomic E-state index is 0.0491. The van der Waals surface area contributed by atoms with Crippen LogP contribution in [0.3, 0.4) is 0 Å². The molecule has 6 aromatic heterocycles. The van der Waals surface area contributed by atoms with Crippen LogP contribution in [0.1, 0.15) is 390 Å². The molecule has 0 fully saturated rings. The molecule has 0 amide bonds. The third kappa shape index (κ3) is 59.4. The van der Waals surface area contributed by atoms with Crippen LogP contribution in [0.25, 0.3) is 0 Å². The molecule has 0 radical (unpaired) electrons. The molecule has 0 aromatic carbocycles. The van der Waals surface area contributed by atoms with Gasteiger partial charge in [0.25, 0.3) is 0 Å². The lowest BCUT2D eigenvalue weighted by atomic mass is 9.83. The Morgan fingerprint density at radius 3 is 1.25 bits per heavy atom. The molecule has 0 atom stereocenters. The van der Waals surface area contributed by atoms with Crippen molar-refractivity contribution in [2.45, 2.75) is 414 Å². The number of nitrogens with zero attached hydrogens (tertiary/aromatic N) is 8. The van der Waals surface area contributed by atoms with E-state index >= 15 is 0 Å². The van der Waals surface area contributed by atoms with Crippen LogP contribution in [0.4, 0.5) is 0 Å². The average Bonchev–Trinajstić information content (AvgIpc) is 1.71. The Hall–Kier alpha value is -1.44. The van der Waals surface area contributed by atoms with Crippen LogP contribution in [-0.4, -0.2) is 115 Å². The molecule has 8 heterocycles. The van der Waals surface area contributed by atoms with E-state index in [1.807, 2.05) is 76.3 Å². The molecule has 0 spiro atoms. The van der Waals surface area contributed by atoms with Gasteiger partial charge in [0.1, 0.15) is 29.5 Å². The number of hydrogen-bond donors (Lipinski definition) is 1. The van der Waals surface area contributed by atoms with Gasteiger partial charge in [-0.15, -0.1) is 58.0 Å². The third-order valence-electron chi connectivity index (χ3n) is 17.3. The smallest absolute Gasteiger partial charge is 0.150 e. The van der Waals surface area contributed by atoms with Gasteiger partial charge < -0.3 is 4.52 Å². The number of thioether (sulfide) groups is 8. The van der Waals surface area contributed by atoms with Crippen LogP contribution < -0.4 is 0 Å². The number of nitrogens with one attached hydrogen (secondary N) is 1. The number of thiazole rings is 2. The summed E-state index contributed by atoms with van der Waals surface area (Å²) >= 11 is 22.2. The number of aryl methyl sites for hydroxylation is 1. The number of rotatable bonds is 22. The second-order valence-corrected chi connectivity index (χ2v) is 63.6. The first-order chi connectivity index (χ1) is 56.5. The first-order valence-corrected chi connectivity index (χ1v) is 57.5. The molecule has 0 aliphatic carbocycles. The fourth-order valence-electron chi connectivity index (χ4n) is 10.0. The van der Waals surface area contributed by atoms with E-state index in [4.69, 9.17) is 9.52 Å². The van der Waals surface area contributed by atoms with Crippen molar-refractivity contribution in [2.24, 2.45) is 64.1 Å². The summed E-state index contributed by atoms with van der Waals surface area (Å²) in [7, 11) is 0. The maximum Gasteiger partial charge on any atom is 0.150 e. The van der Waals surface area contributed by atoms with Crippen LogP contribution in [-0.2, 0) is 38.9 Å². The van der Waals surface area contributed by atoms with Crippen LogP contribution >= 0.6 is 140 Å². The summed E-state index contributed by atoms with van der Waals surface area (Å²) in [4.78, 5) is 21.3. The summed E-state index contributed by atoms with van der Waals surface area (Å²) in [5, 5.41) is 19.4. The van der Waals surface area contributed by atoms with Gasteiger partial charge in [-0.05, 0) is 160 Å². The van der Waals surface area contributed by atoms with Crippen LogP contribution in [0.2, 0.25) is 0 Å². The first-order valence-electron chi connectivity index (χ1n) is 45.8. The zero-order valence-electron chi connectivity index (χ0n) is 89.3. The summed E-state index contributed by atoms with van der Waals surface area (Å²) in [6.45, 7) is 109. The van der Waals surface area contributed by atoms with Gasteiger partial charge in [-0.3, -0.25) is 15.1 Å². The minimum Gasteiger partial charge on any atom is -0.360 e. The quantitative estimate of drug-likeness (QED) is 0.0511. The molecular formula is C104H185N9OS12. The van der Waals surface area contributed by atoms with Gasteiger partial charge in [-0.1, -0.05) is 373 Å². The average molecular weight is 1960 g/mol. The van der Waals surface area contributed by atoms with Crippen molar-refractivity contribution in [1.29, 1.82) is 0 Å². The summed E-state index contributed by atoms with van der Waals surface area (Å²) < 4.78 is 16.7. The van der Waals surface area contributed by atoms with Crippen molar-refractivity contribution in [1.82, 2.24) is 34.1 Å². The highest BCUT2D eigenvalue weighted by atomic mass is 32.2. The molecule has 8 rings (SSSR count). The van der Waals surface area contributed by atoms with Gasteiger partial charge in [0.05, 0.1) is 17.9 Å². The molecule has 0 saturated carbocycles. The molecule has 2 aliphatic heterocycles. The van der Waals surface area contributed by atoms with Gasteiger partial charge >= 0.3 is 0 Å². The van der Waals surface area contributed by atoms with Crippen LogP contribution in [0.15, 0.2) is 96.8 Å². The SMILES string of the molecule is CC(C)(C)CSCCC1=NC(C(C)(C)C)=CC1.CC(C)(C)CSCCC1=NCC=C1C(C)(C)C.CC(C)(C)CSCCc1cc(C(C)(C)C)n[nH]1.CC(C)(C)CSc1cc(C(C)(C)C)on1.CC(C)(C)CSc1cc(C(C)(C)C)sn1.CC(C)(C)CSc1nc(C(C)(C)C)cs1.CC(C)(C)CSc1ncc(C(C)(C)C)s1.CC(C)(C)CSc1nscc1C(C)(C)C. The molecule has 0 saturated heterocycles. The fraction of sp³-hybridized carbons (Fsp3) is 0.769. The Morgan fingerprint density at radius 2 is 0.849 bits per heavy atom. The van der Waals surface area contributed by atoms with E-state index in [1.54, 1.807) is 46.2 Å². The predicted molar refractivity (Wildman–Crippen MR) is 589 cm³/mol. The maximum atomic E-state index is 5.32. The van der Waals surface area contributed by atoms with Gasteiger partial charge in [-0.2, -0.15) is 49.1 Å². The molecule has 10 nitrogen and oxygen atoms in total. The van der Waals surface area contributed by atoms with Gasteiger partial charge in [-0.25, -0.2) is 9.97 Å². The summed E-state index contributed by atoms with van der Waals surface area (Å²) in [6, 6.07) is 6.50. The minimum absolute atomic E-state index is 0.0491. The monoisotopic (exact) mass is 1960 g/mol. The Morgan fingerprint density at radius 1 is 0.397 bits per heavy atom. The molecule has 22 heteroatoms. The normalized spacial score (nSPS) is 14.2. The molecular weight excluding hydrogens is 1780 g/mol. The van der Waals surface area contributed by atoms with Crippen LogP contribution in [0.5, 0.6) is 0 Å². The standard InChI is InChI=1S/2C15H27NS.C14H26N2S.C12H21NOS.4C12H21NS2/c1-14(2,3)11-17-10-8-13-12(7-9-16-13)15(4,5)6;1-14(2,3)11-17-10-9-12-7-8-13(16-12)15(4,5)6;1-13(2,3)10-17-8-7-11-9-12(16-15-11)14(4,5)6;1-11(2,3)8-15-10-7-9(14-13-10)12(4,5)6;1-11(2,3)8-15-10-13-9(7-14-10)12(4,5)6;1-11(2,3)8-14-10-13-7-9(15-10)12(4,5)6;1-11(2,3)8-14-10-9(7-15-13-10)12(4,5)6;1-11(2,3)8-14-10-7-9(15-13-10)12(4,5)6/h7H,8-11H2,1-6H3;8H,7,9-11H2,1-6H3;9H,7-8,10H2,1-6H3,(H,15,16);5*7H,8H2,1-6H3. The van der Waals surface area contributed by atoms with Crippen molar-refractivity contribution >= 4 is 151 Å².